The Morgan fingerprint density at radius 1 is 1.25 bits per heavy atom. The van der Waals surface area contributed by atoms with Gasteiger partial charge in [-0.3, -0.25) is 0 Å². The predicted molar refractivity (Wildman–Crippen MR) is 71.8 cm³/mol. The van der Waals surface area contributed by atoms with Crippen LogP contribution in [-0.2, 0) is 16.3 Å². The Bertz CT molecular complexity index is 423. The first-order valence-electron chi connectivity index (χ1n) is 5.33. The molecule has 0 aromatic heterocycles. The maximum absolute atomic E-state index is 11.2. The summed E-state index contributed by atoms with van der Waals surface area (Å²) in [4.78, 5) is -0.113. The van der Waals surface area contributed by atoms with Crippen molar-refractivity contribution in [2.45, 2.75) is 24.6 Å². The van der Waals surface area contributed by atoms with Crippen LogP contribution in [0.2, 0.25) is 0 Å². The van der Waals surface area contributed by atoms with Crippen molar-refractivity contribution in [1.29, 1.82) is 0 Å². The summed E-state index contributed by atoms with van der Waals surface area (Å²) in [6, 6.07) is 8.12. The van der Waals surface area contributed by atoms with E-state index in [-0.39, 0.29) is 10.6 Å². The number of hydrogen-bond donors (Lipinski definition) is 0. The molecule has 0 spiro atoms. The van der Waals surface area contributed by atoms with Crippen LogP contribution in [0, 0.1) is 0 Å². The molecule has 16 heavy (non-hydrogen) atoms. The van der Waals surface area contributed by atoms with E-state index in [1.165, 1.54) is 11.8 Å². The van der Waals surface area contributed by atoms with E-state index in [1.54, 1.807) is 0 Å². The minimum Gasteiger partial charge on any atom is -0.229 e. The zero-order chi connectivity index (χ0) is 12.2. The standard InChI is InChI=1S/C12H17BrO2S/c1-3-4-10-5-7-11(8-6-10)12(13)9-16(2,14)15/h5-8,12H,3-4,9H2,1-2H3. The molecule has 0 heterocycles. The van der Waals surface area contributed by atoms with Gasteiger partial charge in [-0.25, -0.2) is 8.42 Å². The molecular weight excluding hydrogens is 288 g/mol. The number of alkyl halides is 1. The van der Waals surface area contributed by atoms with Gasteiger partial charge in [-0.2, -0.15) is 0 Å². The Hall–Kier alpha value is -0.350. The third-order valence-corrected chi connectivity index (χ3v) is 4.55. The number of rotatable bonds is 5. The van der Waals surface area contributed by atoms with Gasteiger partial charge in [0.15, 0.2) is 0 Å². The van der Waals surface area contributed by atoms with Crippen LogP contribution >= 0.6 is 15.9 Å². The van der Waals surface area contributed by atoms with Crippen molar-refractivity contribution in [3.8, 4) is 0 Å². The van der Waals surface area contributed by atoms with Gasteiger partial charge in [0.2, 0.25) is 0 Å². The molecule has 1 unspecified atom stereocenters. The van der Waals surface area contributed by atoms with Crippen molar-refractivity contribution in [3.05, 3.63) is 35.4 Å². The molecule has 0 fully saturated rings. The van der Waals surface area contributed by atoms with Crippen molar-refractivity contribution in [2.24, 2.45) is 0 Å². The molecule has 0 saturated heterocycles. The maximum Gasteiger partial charge on any atom is 0.148 e. The Morgan fingerprint density at radius 2 is 1.81 bits per heavy atom. The van der Waals surface area contributed by atoms with Crippen LogP contribution in [0.25, 0.3) is 0 Å². The minimum absolute atomic E-state index is 0.113. The van der Waals surface area contributed by atoms with Crippen LogP contribution in [0.5, 0.6) is 0 Å². The molecule has 0 saturated carbocycles. The van der Waals surface area contributed by atoms with Gasteiger partial charge in [-0.15, -0.1) is 0 Å². The van der Waals surface area contributed by atoms with Gasteiger partial charge in [0.25, 0.3) is 0 Å². The van der Waals surface area contributed by atoms with Gasteiger partial charge < -0.3 is 0 Å². The van der Waals surface area contributed by atoms with E-state index in [0.717, 1.165) is 18.4 Å². The molecule has 0 N–H and O–H groups in total. The Morgan fingerprint density at radius 3 is 2.25 bits per heavy atom. The fraction of sp³-hybridized carbons (Fsp3) is 0.500. The Kier molecular flexibility index (Phi) is 4.99. The third kappa shape index (κ3) is 4.66. The summed E-state index contributed by atoms with van der Waals surface area (Å²) in [5.74, 6) is 0.139. The lowest BCUT2D eigenvalue weighted by atomic mass is 10.1. The van der Waals surface area contributed by atoms with Gasteiger partial charge in [-0.1, -0.05) is 53.5 Å². The first-order chi connectivity index (χ1) is 7.42. The van der Waals surface area contributed by atoms with Crippen LogP contribution in [0.3, 0.4) is 0 Å². The lowest BCUT2D eigenvalue weighted by Gasteiger charge is -2.09. The normalized spacial score (nSPS) is 13.7. The fourth-order valence-corrected chi connectivity index (χ4v) is 4.01. The van der Waals surface area contributed by atoms with Crippen LogP contribution in [-0.4, -0.2) is 20.4 Å². The summed E-state index contributed by atoms with van der Waals surface area (Å²) in [5, 5.41) is 0. The van der Waals surface area contributed by atoms with Gasteiger partial charge in [0.05, 0.1) is 10.6 Å². The first kappa shape index (κ1) is 13.7. The molecule has 0 bridgehead atoms. The monoisotopic (exact) mass is 304 g/mol. The Balaban J connectivity index is 2.74. The Labute approximate surface area is 106 Å². The lowest BCUT2D eigenvalue weighted by Crippen LogP contribution is -2.08. The second-order valence-corrected chi connectivity index (χ2v) is 7.34. The molecule has 90 valence electrons. The predicted octanol–water partition coefficient (Wildman–Crippen LogP) is 3.12. The molecule has 4 heteroatoms. The minimum atomic E-state index is -2.94. The average Bonchev–Trinajstić information content (AvgIpc) is 2.16. The molecule has 0 aliphatic carbocycles. The second kappa shape index (κ2) is 5.82. The fourth-order valence-electron chi connectivity index (χ4n) is 1.54. The van der Waals surface area contributed by atoms with Gasteiger partial charge in [-0.05, 0) is 17.5 Å². The smallest absolute Gasteiger partial charge is 0.148 e. The SMILES string of the molecule is CCCc1ccc(C(Br)CS(C)(=O)=O)cc1. The van der Waals surface area contributed by atoms with Crippen molar-refractivity contribution < 1.29 is 8.42 Å². The third-order valence-electron chi connectivity index (χ3n) is 2.33. The molecule has 0 amide bonds. The van der Waals surface area contributed by atoms with E-state index in [4.69, 9.17) is 0 Å². The number of hydrogen-bond acceptors (Lipinski definition) is 2. The van der Waals surface area contributed by atoms with Crippen LogP contribution < -0.4 is 0 Å². The van der Waals surface area contributed by atoms with Crippen molar-refractivity contribution in [2.75, 3.05) is 12.0 Å². The quantitative estimate of drug-likeness (QED) is 0.783. The number of aryl methyl sites for hydroxylation is 1. The highest BCUT2D eigenvalue weighted by Gasteiger charge is 2.13. The molecule has 2 nitrogen and oxygen atoms in total. The highest BCUT2D eigenvalue weighted by atomic mass is 79.9. The highest BCUT2D eigenvalue weighted by Crippen LogP contribution is 2.24. The largest absolute Gasteiger partial charge is 0.229 e. The summed E-state index contributed by atoms with van der Waals surface area (Å²) in [6.07, 6.45) is 3.45. The van der Waals surface area contributed by atoms with E-state index in [0.29, 0.717) is 0 Å². The molecule has 1 atom stereocenters. The summed E-state index contributed by atoms with van der Waals surface area (Å²) in [6.45, 7) is 2.14. The van der Waals surface area contributed by atoms with Crippen LogP contribution in [0.15, 0.2) is 24.3 Å². The number of benzene rings is 1. The topological polar surface area (TPSA) is 34.1 Å². The van der Waals surface area contributed by atoms with E-state index >= 15 is 0 Å². The van der Waals surface area contributed by atoms with Gasteiger partial charge in [0.1, 0.15) is 9.84 Å². The van der Waals surface area contributed by atoms with Crippen molar-refractivity contribution in [1.82, 2.24) is 0 Å². The van der Waals surface area contributed by atoms with Gasteiger partial charge >= 0.3 is 0 Å². The zero-order valence-electron chi connectivity index (χ0n) is 9.61. The lowest BCUT2D eigenvalue weighted by molar-refractivity contribution is 0.601. The van der Waals surface area contributed by atoms with E-state index < -0.39 is 9.84 Å². The highest BCUT2D eigenvalue weighted by molar-refractivity contribution is 9.09. The van der Waals surface area contributed by atoms with E-state index in [1.807, 2.05) is 12.1 Å². The molecule has 0 aliphatic heterocycles. The maximum atomic E-state index is 11.2. The number of halogens is 1. The summed E-state index contributed by atoms with van der Waals surface area (Å²) >= 11 is 3.41. The van der Waals surface area contributed by atoms with Crippen LogP contribution in [0.4, 0.5) is 0 Å². The first-order valence-corrected chi connectivity index (χ1v) is 8.30. The molecule has 0 radical (unpaired) electrons. The second-order valence-electron chi connectivity index (χ2n) is 4.05. The molecule has 1 aromatic carbocycles. The molecule has 1 aromatic rings. The van der Waals surface area contributed by atoms with E-state index in [9.17, 15) is 8.42 Å². The average molecular weight is 305 g/mol. The molecular formula is C12H17BrO2S. The summed E-state index contributed by atoms with van der Waals surface area (Å²) < 4.78 is 22.3. The van der Waals surface area contributed by atoms with Gasteiger partial charge in [0, 0.05) is 6.26 Å². The molecule has 0 aliphatic rings. The molecule has 1 rings (SSSR count). The number of sulfone groups is 1. The van der Waals surface area contributed by atoms with Crippen LogP contribution in [0.1, 0.15) is 29.3 Å². The zero-order valence-corrected chi connectivity index (χ0v) is 12.0. The van der Waals surface area contributed by atoms with E-state index in [2.05, 4.69) is 35.0 Å². The summed E-state index contributed by atoms with van der Waals surface area (Å²) in [7, 11) is -2.94. The summed E-state index contributed by atoms with van der Waals surface area (Å²) in [5.41, 5.74) is 2.32. The van der Waals surface area contributed by atoms with Crippen molar-refractivity contribution >= 4 is 25.8 Å². The van der Waals surface area contributed by atoms with Crippen molar-refractivity contribution in [3.63, 3.8) is 0 Å².